The summed E-state index contributed by atoms with van der Waals surface area (Å²) in [5, 5.41) is 6.89. The van der Waals surface area contributed by atoms with Crippen molar-refractivity contribution in [2.24, 2.45) is 5.73 Å². The summed E-state index contributed by atoms with van der Waals surface area (Å²) in [6.07, 6.45) is 2.35. The van der Waals surface area contributed by atoms with Gasteiger partial charge in [-0.25, -0.2) is 4.39 Å². The Morgan fingerprint density at radius 3 is 2.54 bits per heavy atom. The van der Waals surface area contributed by atoms with Crippen LogP contribution in [0.5, 0.6) is 0 Å². The van der Waals surface area contributed by atoms with E-state index in [1.807, 2.05) is 0 Å². The topological polar surface area (TPSA) is 93.3 Å². The maximum Gasteiger partial charge on any atom is 0.290 e. The molecule has 0 spiro atoms. The third-order valence-electron chi connectivity index (χ3n) is 1.03. The predicted molar refractivity (Wildman–Crippen MR) is 41.4 cm³/mol. The van der Waals surface area contributed by atoms with Crippen molar-refractivity contribution in [2.45, 2.75) is 0 Å². The van der Waals surface area contributed by atoms with Crippen molar-refractivity contribution in [3.63, 3.8) is 0 Å². The summed E-state index contributed by atoms with van der Waals surface area (Å²) < 4.78 is 12.5. The van der Waals surface area contributed by atoms with Crippen LogP contribution in [0.15, 0.2) is 18.5 Å². The van der Waals surface area contributed by atoms with Crippen LogP contribution in [0, 0.1) is 5.82 Å². The van der Waals surface area contributed by atoms with Gasteiger partial charge in [0.1, 0.15) is 5.82 Å². The molecule has 6 heteroatoms. The Morgan fingerprint density at radius 2 is 2.23 bits per heavy atom. The lowest BCUT2D eigenvalue weighted by Gasteiger charge is -1.93. The highest BCUT2D eigenvalue weighted by atomic mass is 19.1. The molecular weight excluding hydrogens is 179 g/mol. The first-order chi connectivity index (χ1) is 6.13. The van der Waals surface area contributed by atoms with Gasteiger partial charge < -0.3 is 10.8 Å². The van der Waals surface area contributed by atoms with Gasteiger partial charge >= 0.3 is 0 Å². The molecule has 70 valence electrons. The molecule has 3 N–H and O–H groups in total. The van der Waals surface area contributed by atoms with Gasteiger partial charge in [-0.3, -0.25) is 14.6 Å². The van der Waals surface area contributed by atoms with Crippen molar-refractivity contribution < 1.29 is 19.1 Å². The van der Waals surface area contributed by atoms with E-state index in [1.54, 1.807) is 0 Å². The highest BCUT2D eigenvalue weighted by molar-refractivity contribution is 5.92. The van der Waals surface area contributed by atoms with E-state index >= 15 is 0 Å². The van der Waals surface area contributed by atoms with Gasteiger partial charge in [0.15, 0.2) is 0 Å². The van der Waals surface area contributed by atoms with Gasteiger partial charge in [-0.1, -0.05) is 0 Å². The molecule has 1 rings (SSSR count). The zero-order valence-electron chi connectivity index (χ0n) is 6.48. The van der Waals surface area contributed by atoms with Gasteiger partial charge in [0.2, 0.25) is 0 Å². The van der Waals surface area contributed by atoms with Crippen molar-refractivity contribution in [3.8, 4) is 0 Å². The van der Waals surface area contributed by atoms with E-state index in [1.165, 1.54) is 6.20 Å². The fourth-order valence-electron chi connectivity index (χ4n) is 0.559. The number of rotatable bonds is 1. The van der Waals surface area contributed by atoms with Gasteiger partial charge in [0.05, 0.1) is 5.56 Å². The van der Waals surface area contributed by atoms with Crippen molar-refractivity contribution in [1.82, 2.24) is 4.98 Å². The molecule has 1 amide bonds. The standard InChI is InChI=1S/C6H5FN2O.CH2O2/c7-5-1-2-9-3-4(5)6(8)10;2-1-3/h1-3H,(H2,8,10);1H,(H,2,3). The number of primary amides is 1. The number of carbonyl (C=O) groups is 2. The number of pyridine rings is 1. The van der Waals surface area contributed by atoms with Crippen molar-refractivity contribution in [1.29, 1.82) is 0 Å². The van der Waals surface area contributed by atoms with Crippen LogP contribution < -0.4 is 5.73 Å². The molecule has 0 radical (unpaired) electrons. The Bertz CT molecular complexity index is 304. The monoisotopic (exact) mass is 186 g/mol. The second-order valence-corrected chi connectivity index (χ2v) is 1.83. The number of hydrogen-bond donors (Lipinski definition) is 2. The van der Waals surface area contributed by atoms with E-state index in [2.05, 4.69) is 4.98 Å². The summed E-state index contributed by atoms with van der Waals surface area (Å²) in [7, 11) is 0. The van der Waals surface area contributed by atoms with Crippen LogP contribution in [0.4, 0.5) is 4.39 Å². The molecule has 1 heterocycles. The largest absolute Gasteiger partial charge is 0.483 e. The number of nitrogens with two attached hydrogens (primary N) is 1. The minimum Gasteiger partial charge on any atom is -0.483 e. The third-order valence-corrected chi connectivity index (χ3v) is 1.03. The van der Waals surface area contributed by atoms with Crippen LogP contribution >= 0.6 is 0 Å². The Morgan fingerprint density at radius 1 is 1.69 bits per heavy atom. The molecule has 13 heavy (non-hydrogen) atoms. The molecule has 0 aromatic carbocycles. The zero-order valence-corrected chi connectivity index (χ0v) is 6.48. The highest BCUT2D eigenvalue weighted by Crippen LogP contribution is 2.01. The molecule has 0 aliphatic heterocycles. The Labute approximate surface area is 73.0 Å². The van der Waals surface area contributed by atoms with E-state index < -0.39 is 11.7 Å². The Balaban J connectivity index is 0.000000424. The SMILES string of the molecule is NC(=O)c1cnccc1F.O=CO. The molecule has 0 aliphatic rings. The van der Waals surface area contributed by atoms with Crippen molar-refractivity contribution in [2.75, 3.05) is 0 Å². The third kappa shape index (κ3) is 3.80. The fraction of sp³-hybridized carbons (Fsp3) is 0. The number of carboxylic acid groups (broad SMARTS) is 1. The molecular formula is C7H7FN2O3. The maximum absolute atomic E-state index is 12.5. The molecule has 5 nitrogen and oxygen atoms in total. The van der Waals surface area contributed by atoms with Crippen LogP contribution in [-0.4, -0.2) is 22.5 Å². The van der Waals surface area contributed by atoms with E-state index in [0.717, 1.165) is 12.3 Å². The lowest BCUT2D eigenvalue weighted by atomic mass is 10.3. The van der Waals surface area contributed by atoms with Gasteiger partial charge in [0, 0.05) is 12.4 Å². The smallest absolute Gasteiger partial charge is 0.290 e. The zero-order chi connectivity index (χ0) is 10.3. The van der Waals surface area contributed by atoms with E-state index in [9.17, 15) is 9.18 Å². The summed E-state index contributed by atoms with van der Waals surface area (Å²) in [6, 6.07) is 1.08. The molecule has 0 saturated carbocycles. The summed E-state index contributed by atoms with van der Waals surface area (Å²) >= 11 is 0. The molecule has 0 saturated heterocycles. The summed E-state index contributed by atoms with van der Waals surface area (Å²) in [4.78, 5) is 22.3. The second-order valence-electron chi connectivity index (χ2n) is 1.83. The molecule has 0 atom stereocenters. The first-order valence-corrected chi connectivity index (χ1v) is 3.10. The molecule has 0 fully saturated rings. The van der Waals surface area contributed by atoms with Crippen LogP contribution in [0.25, 0.3) is 0 Å². The summed E-state index contributed by atoms with van der Waals surface area (Å²) in [6.45, 7) is -0.250. The quantitative estimate of drug-likeness (QED) is 0.604. The van der Waals surface area contributed by atoms with Crippen LogP contribution in [-0.2, 0) is 4.79 Å². The van der Waals surface area contributed by atoms with Gasteiger partial charge in [0.25, 0.3) is 12.4 Å². The number of halogens is 1. The predicted octanol–water partition coefficient (Wildman–Crippen LogP) is 0.0204. The molecule has 1 aromatic rings. The average Bonchev–Trinajstić information content (AvgIpc) is 2.06. The minimum absolute atomic E-state index is 0.178. The summed E-state index contributed by atoms with van der Waals surface area (Å²) in [5.74, 6) is -1.44. The van der Waals surface area contributed by atoms with Crippen molar-refractivity contribution >= 4 is 12.4 Å². The average molecular weight is 186 g/mol. The Hall–Kier alpha value is -1.98. The Kier molecular flexibility index (Phi) is 4.78. The van der Waals surface area contributed by atoms with Gasteiger partial charge in [-0.2, -0.15) is 0 Å². The number of amides is 1. The van der Waals surface area contributed by atoms with E-state index in [4.69, 9.17) is 15.6 Å². The van der Waals surface area contributed by atoms with E-state index in [0.29, 0.717) is 0 Å². The lowest BCUT2D eigenvalue weighted by Crippen LogP contribution is -2.13. The number of hydrogen-bond acceptors (Lipinski definition) is 3. The number of carbonyl (C=O) groups excluding carboxylic acids is 1. The first kappa shape index (κ1) is 11.0. The fourth-order valence-corrected chi connectivity index (χ4v) is 0.559. The van der Waals surface area contributed by atoms with Crippen LogP contribution in [0.2, 0.25) is 0 Å². The minimum atomic E-state index is -0.800. The highest BCUT2D eigenvalue weighted by Gasteiger charge is 2.05. The van der Waals surface area contributed by atoms with Gasteiger partial charge in [-0.05, 0) is 6.07 Å². The lowest BCUT2D eigenvalue weighted by molar-refractivity contribution is -0.122. The number of nitrogens with zero attached hydrogens (tertiary/aromatic N) is 1. The van der Waals surface area contributed by atoms with Crippen LogP contribution in [0.1, 0.15) is 10.4 Å². The van der Waals surface area contributed by atoms with Gasteiger partial charge in [-0.15, -0.1) is 0 Å². The maximum atomic E-state index is 12.5. The van der Waals surface area contributed by atoms with Crippen molar-refractivity contribution in [3.05, 3.63) is 29.8 Å². The molecule has 0 aliphatic carbocycles. The molecule has 1 aromatic heterocycles. The summed E-state index contributed by atoms with van der Waals surface area (Å²) in [5.41, 5.74) is 4.62. The molecule has 0 unspecified atom stereocenters. The second kappa shape index (κ2) is 5.64. The number of aromatic nitrogens is 1. The molecule has 0 bridgehead atoms. The van der Waals surface area contributed by atoms with Crippen LogP contribution in [0.3, 0.4) is 0 Å². The normalized spacial score (nSPS) is 8.08. The van der Waals surface area contributed by atoms with E-state index in [-0.39, 0.29) is 12.0 Å². The first-order valence-electron chi connectivity index (χ1n) is 3.10.